The second-order valence-corrected chi connectivity index (χ2v) is 8.39. The van der Waals surface area contributed by atoms with Gasteiger partial charge in [-0.1, -0.05) is 12.1 Å². The molecule has 0 bridgehead atoms. The van der Waals surface area contributed by atoms with Crippen molar-refractivity contribution in [1.82, 2.24) is 9.62 Å². The summed E-state index contributed by atoms with van der Waals surface area (Å²) in [4.78, 5) is 12.3. The Bertz CT molecular complexity index is 990. The van der Waals surface area contributed by atoms with Gasteiger partial charge in [0, 0.05) is 13.6 Å². The number of carbonyl (C=O) groups excluding carboxylic acids is 1. The summed E-state index contributed by atoms with van der Waals surface area (Å²) < 4.78 is 42.4. The molecule has 3 rings (SSSR count). The van der Waals surface area contributed by atoms with Crippen LogP contribution in [-0.4, -0.2) is 46.1 Å². The van der Waals surface area contributed by atoms with Gasteiger partial charge in [-0.05, 0) is 42.3 Å². The highest BCUT2D eigenvalue weighted by Gasteiger charge is 2.26. The van der Waals surface area contributed by atoms with E-state index in [1.54, 1.807) is 31.2 Å². The van der Waals surface area contributed by atoms with Gasteiger partial charge >= 0.3 is 0 Å². The molecule has 0 spiro atoms. The molecule has 0 unspecified atom stereocenters. The Kier molecular flexibility index (Phi) is 5.76. The van der Waals surface area contributed by atoms with Crippen LogP contribution in [0.5, 0.6) is 17.2 Å². The van der Waals surface area contributed by atoms with Gasteiger partial charge < -0.3 is 19.5 Å². The number of hydrogen-bond donors (Lipinski definition) is 1. The van der Waals surface area contributed by atoms with Gasteiger partial charge in [-0.2, -0.15) is 4.31 Å². The number of likely N-dealkylation sites (N-methyl/N-ethyl adjacent to an activating group) is 1. The zero-order chi connectivity index (χ0) is 20.3. The topological polar surface area (TPSA) is 94.2 Å². The standard InChI is InChI=1S/C19H22N2O6S/c1-13-4-6-16(25-3)18(8-13)28(23,24)21(2)11-19(22)20-10-14-5-7-15-17(9-14)27-12-26-15/h4-9H,10-12H2,1-3H3,(H,20,22). The van der Waals surface area contributed by atoms with Gasteiger partial charge in [0.1, 0.15) is 10.6 Å². The highest BCUT2D eigenvalue weighted by Crippen LogP contribution is 2.32. The van der Waals surface area contributed by atoms with E-state index in [0.717, 1.165) is 15.4 Å². The Morgan fingerprint density at radius 2 is 1.93 bits per heavy atom. The van der Waals surface area contributed by atoms with Crippen LogP contribution in [0.1, 0.15) is 11.1 Å². The number of ether oxygens (including phenoxy) is 3. The predicted octanol–water partition coefficient (Wildman–Crippen LogP) is 1.67. The molecule has 9 heteroatoms. The minimum atomic E-state index is -3.88. The molecule has 0 saturated heterocycles. The van der Waals surface area contributed by atoms with Crippen molar-refractivity contribution in [2.24, 2.45) is 0 Å². The third-order valence-corrected chi connectivity index (χ3v) is 6.12. The molecule has 0 fully saturated rings. The van der Waals surface area contributed by atoms with Gasteiger partial charge in [0.15, 0.2) is 11.5 Å². The number of amides is 1. The number of methoxy groups -OCH3 is 1. The molecule has 0 saturated carbocycles. The smallest absolute Gasteiger partial charge is 0.246 e. The summed E-state index contributed by atoms with van der Waals surface area (Å²) >= 11 is 0. The average Bonchev–Trinajstić information content (AvgIpc) is 3.14. The van der Waals surface area contributed by atoms with E-state index in [2.05, 4.69) is 5.32 Å². The number of nitrogens with one attached hydrogen (secondary N) is 1. The number of nitrogens with zero attached hydrogens (tertiary/aromatic N) is 1. The summed E-state index contributed by atoms with van der Waals surface area (Å²) in [5.74, 6) is 1.10. The zero-order valence-electron chi connectivity index (χ0n) is 15.9. The monoisotopic (exact) mass is 406 g/mol. The van der Waals surface area contributed by atoms with Gasteiger partial charge in [-0.15, -0.1) is 0 Å². The molecule has 1 aliphatic heterocycles. The van der Waals surface area contributed by atoms with Gasteiger partial charge in [0.05, 0.1) is 13.7 Å². The fraction of sp³-hybridized carbons (Fsp3) is 0.316. The first-order valence-electron chi connectivity index (χ1n) is 8.57. The number of hydrogen-bond acceptors (Lipinski definition) is 6. The highest BCUT2D eigenvalue weighted by atomic mass is 32.2. The molecule has 0 aromatic heterocycles. The second-order valence-electron chi connectivity index (χ2n) is 6.38. The second kappa shape index (κ2) is 8.07. The normalized spacial score (nSPS) is 12.9. The first-order valence-corrected chi connectivity index (χ1v) is 10.0. The van der Waals surface area contributed by atoms with Gasteiger partial charge in [0.25, 0.3) is 0 Å². The summed E-state index contributed by atoms with van der Waals surface area (Å²) in [6, 6.07) is 10.2. The lowest BCUT2D eigenvalue weighted by Crippen LogP contribution is -2.38. The molecule has 1 heterocycles. The fourth-order valence-electron chi connectivity index (χ4n) is 2.75. The summed E-state index contributed by atoms with van der Waals surface area (Å²) in [6.07, 6.45) is 0. The summed E-state index contributed by atoms with van der Waals surface area (Å²) in [7, 11) is -1.12. The van der Waals surface area contributed by atoms with E-state index in [1.165, 1.54) is 20.2 Å². The molecule has 1 aliphatic rings. The molecule has 28 heavy (non-hydrogen) atoms. The molecule has 0 atom stereocenters. The molecule has 1 N–H and O–H groups in total. The Morgan fingerprint density at radius 3 is 2.68 bits per heavy atom. The number of carbonyl (C=O) groups is 1. The van der Waals surface area contributed by atoms with Crippen LogP contribution in [0.3, 0.4) is 0 Å². The van der Waals surface area contributed by atoms with Crippen molar-refractivity contribution in [3.05, 3.63) is 47.5 Å². The first-order chi connectivity index (χ1) is 13.3. The minimum absolute atomic E-state index is 0.0288. The van der Waals surface area contributed by atoms with E-state index >= 15 is 0 Å². The number of fused-ring (bicyclic) bond motifs is 1. The quantitative estimate of drug-likeness (QED) is 0.752. The number of sulfonamides is 1. The minimum Gasteiger partial charge on any atom is -0.495 e. The van der Waals surface area contributed by atoms with E-state index in [1.807, 2.05) is 6.07 Å². The highest BCUT2D eigenvalue weighted by molar-refractivity contribution is 7.89. The van der Waals surface area contributed by atoms with Crippen LogP contribution in [0, 0.1) is 6.92 Å². The molecule has 2 aromatic carbocycles. The third-order valence-electron chi connectivity index (χ3n) is 4.30. The lowest BCUT2D eigenvalue weighted by Gasteiger charge is -2.19. The summed E-state index contributed by atoms with van der Waals surface area (Å²) in [5, 5.41) is 2.71. The fourth-order valence-corrected chi connectivity index (χ4v) is 4.11. The van der Waals surface area contributed by atoms with Crippen LogP contribution in [0.4, 0.5) is 0 Å². The molecule has 0 radical (unpaired) electrons. The number of benzene rings is 2. The summed E-state index contributed by atoms with van der Waals surface area (Å²) in [6.45, 7) is 1.90. The number of aryl methyl sites for hydroxylation is 1. The lowest BCUT2D eigenvalue weighted by atomic mass is 10.2. The third kappa shape index (κ3) is 4.20. The molecule has 150 valence electrons. The van der Waals surface area contributed by atoms with Crippen molar-refractivity contribution in [3.63, 3.8) is 0 Å². The van der Waals surface area contributed by atoms with Crippen molar-refractivity contribution in [2.45, 2.75) is 18.4 Å². The Balaban J connectivity index is 1.64. The van der Waals surface area contributed by atoms with Crippen molar-refractivity contribution >= 4 is 15.9 Å². The molecular formula is C19H22N2O6S. The van der Waals surface area contributed by atoms with Crippen LogP contribution < -0.4 is 19.5 Å². The van der Waals surface area contributed by atoms with Crippen LogP contribution >= 0.6 is 0 Å². The van der Waals surface area contributed by atoms with Gasteiger partial charge in [0.2, 0.25) is 22.7 Å². The summed E-state index contributed by atoms with van der Waals surface area (Å²) in [5.41, 5.74) is 1.60. The number of rotatable bonds is 7. The van der Waals surface area contributed by atoms with E-state index < -0.39 is 15.9 Å². The first kappa shape index (κ1) is 20.0. The Labute approximate surface area is 164 Å². The van der Waals surface area contributed by atoms with Crippen LogP contribution in [0.25, 0.3) is 0 Å². The largest absolute Gasteiger partial charge is 0.495 e. The zero-order valence-corrected chi connectivity index (χ0v) is 16.7. The van der Waals surface area contributed by atoms with Crippen LogP contribution in [0.15, 0.2) is 41.3 Å². The Hall–Kier alpha value is -2.78. The molecular weight excluding hydrogens is 384 g/mol. The van der Waals surface area contributed by atoms with E-state index in [-0.39, 0.29) is 30.5 Å². The maximum atomic E-state index is 12.8. The van der Waals surface area contributed by atoms with Crippen molar-refractivity contribution in [1.29, 1.82) is 0 Å². The van der Waals surface area contributed by atoms with Crippen molar-refractivity contribution in [3.8, 4) is 17.2 Å². The molecule has 0 aliphatic carbocycles. The van der Waals surface area contributed by atoms with Gasteiger partial charge in [-0.25, -0.2) is 8.42 Å². The van der Waals surface area contributed by atoms with E-state index in [4.69, 9.17) is 14.2 Å². The van der Waals surface area contributed by atoms with Crippen molar-refractivity contribution in [2.75, 3.05) is 27.5 Å². The SMILES string of the molecule is COc1ccc(C)cc1S(=O)(=O)N(C)CC(=O)NCc1ccc2c(c1)OCO2. The lowest BCUT2D eigenvalue weighted by molar-refractivity contribution is -0.121. The van der Waals surface area contributed by atoms with Crippen LogP contribution in [0.2, 0.25) is 0 Å². The molecule has 8 nitrogen and oxygen atoms in total. The molecule has 1 amide bonds. The Morgan fingerprint density at radius 1 is 1.18 bits per heavy atom. The van der Waals surface area contributed by atoms with Crippen molar-refractivity contribution < 1.29 is 27.4 Å². The van der Waals surface area contributed by atoms with Crippen LogP contribution in [-0.2, 0) is 21.4 Å². The predicted molar refractivity (Wildman–Crippen MR) is 102 cm³/mol. The molecule has 2 aromatic rings. The van der Waals surface area contributed by atoms with E-state index in [9.17, 15) is 13.2 Å². The van der Waals surface area contributed by atoms with E-state index in [0.29, 0.717) is 11.5 Å². The maximum Gasteiger partial charge on any atom is 0.246 e. The maximum absolute atomic E-state index is 12.8. The van der Waals surface area contributed by atoms with Gasteiger partial charge in [-0.3, -0.25) is 4.79 Å². The average molecular weight is 406 g/mol.